The van der Waals surface area contributed by atoms with Gasteiger partial charge in [-0.05, 0) is 17.7 Å². The molecule has 0 atom stereocenters. The Balaban J connectivity index is 0.00000144. The maximum absolute atomic E-state index is 5.67. The first-order valence-electron chi connectivity index (χ1n) is 3.58. The second-order valence-corrected chi connectivity index (χ2v) is 2.62. The predicted octanol–water partition coefficient (Wildman–Crippen LogP) is 1.53. The zero-order valence-corrected chi connectivity index (χ0v) is 7.89. The number of ether oxygens (including phenoxy) is 2. The van der Waals surface area contributed by atoms with Gasteiger partial charge in [0.1, 0.15) is 11.5 Å². The van der Waals surface area contributed by atoms with E-state index < -0.39 is 0 Å². The van der Waals surface area contributed by atoms with E-state index in [-0.39, 0.29) is 23.1 Å². The Morgan fingerprint density at radius 3 is 1.85 bits per heavy atom. The van der Waals surface area contributed by atoms with Gasteiger partial charge in [0, 0.05) is 11.9 Å². The molecule has 0 radical (unpaired) electrons. The van der Waals surface area contributed by atoms with Gasteiger partial charge in [-0.2, -0.15) is 0 Å². The summed E-state index contributed by atoms with van der Waals surface area (Å²) >= 11 is 5.67. The average molecular weight is 213 g/mol. The maximum Gasteiger partial charge on any atom is 0.316 e. The van der Waals surface area contributed by atoms with Crippen LogP contribution in [0.2, 0.25) is 0 Å². The predicted molar refractivity (Wildman–Crippen MR) is 57.6 cm³/mol. The molecule has 1 aromatic carbocycles. The summed E-state index contributed by atoms with van der Waals surface area (Å²) in [5, 5.41) is 0. The van der Waals surface area contributed by atoms with Crippen LogP contribution < -0.4 is 9.47 Å². The number of alkyl halides is 1. The lowest BCUT2D eigenvalue weighted by Gasteiger charge is -2.05. The number of halogens is 1. The smallest absolute Gasteiger partial charge is 0.316 e. The molecule has 0 aromatic heterocycles. The average Bonchev–Trinajstić information content (AvgIpc) is 2.16. The molecule has 2 nitrogen and oxygen atoms in total. The largest absolute Gasteiger partial charge is 0.497 e. The van der Waals surface area contributed by atoms with Crippen molar-refractivity contribution in [1.29, 1.82) is 0 Å². The summed E-state index contributed by atoms with van der Waals surface area (Å²) in [6.07, 6.45) is 0. The fraction of sp³-hybridized carbons (Fsp3) is 0.333. The molecular formula is C9H13ClMgO2. The van der Waals surface area contributed by atoms with Gasteiger partial charge < -0.3 is 9.47 Å². The maximum atomic E-state index is 5.67. The third-order valence-electron chi connectivity index (χ3n) is 1.57. The van der Waals surface area contributed by atoms with E-state index in [1.165, 1.54) is 0 Å². The molecule has 0 heterocycles. The highest BCUT2D eigenvalue weighted by Crippen LogP contribution is 2.23. The Labute approximate surface area is 99.3 Å². The van der Waals surface area contributed by atoms with Crippen molar-refractivity contribution in [3.63, 3.8) is 0 Å². The monoisotopic (exact) mass is 212 g/mol. The van der Waals surface area contributed by atoms with Gasteiger partial charge in [0.2, 0.25) is 0 Å². The molecule has 0 aliphatic carbocycles. The Morgan fingerprint density at radius 2 is 1.54 bits per heavy atom. The van der Waals surface area contributed by atoms with E-state index in [9.17, 15) is 0 Å². The molecule has 0 aliphatic rings. The second kappa shape index (κ2) is 6.35. The van der Waals surface area contributed by atoms with E-state index in [0.29, 0.717) is 5.88 Å². The highest BCUT2D eigenvalue weighted by Gasteiger charge is 1.99. The first-order valence-corrected chi connectivity index (χ1v) is 4.11. The van der Waals surface area contributed by atoms with Crippen LogP contribution in [0.4, 0.5) is 0 Å². The van der Waals surface area contributed by atoms with Crippen LogP contribution in [0.3, 0.4) is 0 Å². The number of benzene rings is 1. The quantitative estimate of drug-likeness (QED) is 0.559. The van der Waals surface area contributed by atoms with E-state index >= 15 is 0 Å². The van der Waals surface area contributed by atoms with Crippen molar-refractivity contribution in [1.82, 2.24) is 0 Å². The Kier molecular flexibility index (Phi) is 6.29. The van der Waals surface area contributed by atoms with E-state index in [4.69, 9.17) is 21.1 Å². The van der Waals surface area contributed by atoms with Crippen LogP contribution in [0.15, 0.2) is 18.2 Å². The molecule has 4 heteroatoms. The summed E-state index contributed by atoms with van der Waals surface area (Å²) in [4.78, 5) is 0. The normalized spacial score (nSPS) is 8.85. The fourth-order valence-corrected chi connectivity index (χ4v) is 1.10. The third-order valence-corrected chi connectivity index (χ3v) is 1.87. The molecule has 0 amide bonds. The molecule has 0 saturated carbocycles. The number of rotatable bonds is 3. The van der Waals surface area contributed by atoms with Crippen molar-refractivity contribution in [2.24, 2.45) is 0 Å². The molecule has 1 rings (SSSR count). The van der Waals surface area contributed by atoms with Crippen molar-refractivity contribution in [3.8, 4) is 11.5 Å². The highest BCUT2D eigenvalue weighted by atomic mass is 35.5. The standard InChI is InChI=1S/C9H11ClO2.Mg.2H/c1-11-8-3-7(6-10)4-9(5-8)12-2;;;/h3-5H,6H2,1-2H3;;;. The van der Waals surface area contributed by atoms with Crippen molar-refractivity contribution in [3.05, 3.63) is 23.8 Å². The van der Waals surface area contributed by atoms with E-state index in [0.717, 1.165) is 17.1 Å². The zero-order valence-electron chi connectivity index (χ0n) is 7.13. The van der Waals surface area contributed by atoms with E-state index in [2.05, 4.69) is 0 Å². The molecule has 0 spiro atoms. The lowest BCUT2D eigenvalue weighted by Crippen LogP contribution is -1.89. The van der Waals surface area contributed by atoms with Crippen LogP contribution in [-0.2, 0) is 5.88 Å². The van der Waals surface area contributed by atoms with Gasteiger partial charge in [0.05, 0.1) is 14.2 Å². The lowest BCUT2D eigenvalue weighted by atomic mass is 10.2. The molecule has 13 heavy (non-hydrogen) atoms. The number of hydrogen-bond acceptors (Lipinski definition) is 2. The second-order valence-electron chi connectivity index (χ2n) is 2.35. The fourth-order valence-electron chi connectivity index (χ4n) is 0.944. The first-order chi connectivity index (χ1) is 5.80. The minimum absolute atomic E-state index is 0. The van der Waals surface area contributed by atoms with Crippen LogP contribution in [0.5, 0.6) is 11.5 Å². The van der Waals surface area contributed by atoms with Crippen LogP contribution in [0, 0.1) is 0 Å². The van der Waals surface area contributed by atoms with Gasteiger partial charge in [-0.25, -0.2) is 0 Å². The van der Waals surface area contributed by atoms with Gasteiger partial charge in [0.25, 0.3) is 0 Å². The minimum Gasteiger partial charge on any atom is -0.497 e. The van der Waals surface area contributed by atoms with Crippen LogP contribution in [-0.4, -0.2) is 37.3 Å². The molecular weight excluding hydrogens is 200 g/mol. The summed E-state index contributed by atoms with van der Waals surface area (Å²) in [6, 6.07) is 5.58. The van der Waals surface area contributed by atoms with Crippen molar-refractivity contribution < 1.29 is 9.47 Å². The summed E-state index contributed by atoms with van der Waals surface area (Å²) in [5.41, 5.74) is 0.993. The van der Waals surface area contributed by atoms with Crippen molar-refractivity contribution >= 4 is 34.7 Å². The number of hydrogen-bond donors (Lipinski definition) is 0. The van der Waals surface area contributed by atoms with Crippen LogP contribution in [0.1, 0.15) is 5.56 Å². The Morgan fingerprint density at radius 1 is 1.08 bits per heavy atom. The summed E-state index contributed by atoms with van der Waals surface area (Å²) in [6.45, 7) is 0. The highest BCUT2D eigenvalue weighted by molar-refractivity contribution is 6.17. The first kappa shape index (κ1) is 12.9. The molecule has 0 aliphatic heterocycles. The SMILES string of the molecule is COc1cc(CCl)cc(OC)c1.[MgH2]. The zero-order chi connectivity index (χ0) is 8.97. The molecule has 0 saturated heterocycles. The van der Waals surface area contributed by atoms with Gasteiger partial charge >= 0.3 is 23.1 Å². The van der Waals surface area contributed by atoms with Gasteiger partial charge in [0.15, 0.2) is 0 Å². The van der Waals surface area contributed by atoms with Gasteiger partial charge in [-0.1, -0.05) is 0 Å². The molecule has 0 fully saturated rings. The van der Waals surface area contributed by atoms with Crippen LogP contribution in [0.25, 0.3) is 0 Å². The molecule has 0 N–H and O–H groups in total. The van der Waals surface area contributed by atoms with Crippen LogP contribution >= 0.6 is 11.6 Å². The van der Waals surface area contributed by atoms with Gasteiger partial charge in [-0.15, -0.1) is 11.6 Å². The lowest BCUT2D eigenvalue weighted by molar-refractivity contribution is 0.393. The van der Waals surface area contributed by atoms with E-state index in [1.54, 1.807) is 14.2 Å². The summed E-state index contributed by atoms with van der Waals surface area (Å²) < 4.78 is 10.1. The minimum atomic E-state index is 0. The molecule has 1 aromatic rings. The molecule has 0 unspecified atom stereocenters. The van der Waals surface area contributed by atoms with Crippen molar-refractivity contribution in [2.75, 3.05) is 14.2 Å². The Bertz CT molecular complexity index is 211. The number of methoxy groups -OCH3 is 2. The third kappa shape index (κ3) is 3.63. The summed E-state index contributed by atoms with van der Waals surface area (Å²) in [7, 11) is 3.24. The van der Waals surface area contributed by atoms with E-state index in [1.807, 2.05) is 18.2 Å². The van der Waals surface area contributed by atoms with Gasteiger partial charge in [-0.3, -0.25) is 0 Å². The van der Waals surface area contributed by atoms with Crippen molar-refractivity contribution in [2.45, 2.75) is 5.88 Å². The Hall–Kier alpha value is -0.124. The molecule has 0 bridgehead atoms. The summed E-state index contributed by atoms with van der Waals surface area (Å²) in [5.74, 6) is 2.00. The molecule has 70 valence electrons. The topological polar surface area (TPSA) is 18.5 Å².